The molecule has 1 aliphatic heterocycles. The molecule has 1 aliphatic carbocycles. The molecule has 4 heteroatoms. The summed E-state index contributed by atoms with van der Waals surface area (Å²) in [5.74, 6) is 3.38. The van der Waals surface area contributed by atoms with Crippen molar-refractivity contribution in [1.82, 2.24) is 0 Å². The fourth-order valence-electron chi connectivity index (χ4n) is 2.95. The van der Waals surface area contributed by atoms with Gasteiger partial charge in [-0.05, 0) is 71.3 Å². The first-order chi connectivity index (χ1) is 9.28. The minimum atomic E-state index is -0.205. The van der Waals surface area contributed by atoms with E-state index in [4.69, 9.17) is 13.7 Å². The van der Waals surface area contributed by atoms with Gasteiger partial charge in [0.15, 0.2) is 0 Å². The molecule has 1 aromatic heterocycles. The molecule has 1 aromatic rings. The van der Waals surface area contributed by atoms with E-state index >= 15 is 0 Å². The van der Waals surface area contributed by atoms with Gasteiger partial charge in [0.25, 0.3) is 0 Å². The summed E-state index contributed by atoms with van der Waals surface area (Å²) >= 11 is 0. The molecule has 20 heavy (non-hydrogen) atoms. The Morgan fingerprint density at radius 3 is 2.35 bits per heavy atom. The van der Waals surface area contributed by atoms with Crippen molar-refractivity contribution in [3.05, 3.63) is 23.7 Å². The molecule has 2 fully saturated rings. The summed E-state index contributed by atoms with van der Waals surface area (Å²) in [4.78, 5) is 0. The average Bonchev–Trinajstić information content (AvgIpc) is 2.93. The number of rotatable bonds is 4. The lowest BCUT2D eigenvalue weighted by Gasteiger charge is -2.32. The minimum Gasteiger partial charge on any atom is -0.466 e. The van der Waals surface area contributed by atoms with E-state index in [1.807, 2.05) is 13.0 Å². The predicted molar refractivity (Wildman–Crippen MR) is 79.7 cm³/mol. The highest BCUT2D eigenvalue weighted by atomic mass is 16.7. The van der Waals surface area contributed by atoms with Crippen molar-refractivity contribution < 1.29 is 13.7 Å². The number of hydrogen-bond donors (Lipinski definition) is 0. The van der Waals surface area contributed by atoms with Crippen LogP contribution >= 0.6 is 0 Å². The fourth-order valence-corrected chi connectivity index (χ4v) is 2.95. The third-order valence-electron chi connectivity index (χ3n) is 5.16. The van der Waals surface area contributed by atoms with Gasteiger partial charge in [0.05, 0.1) is 11.2 Å². The second kappa shape index (κ2) is 4.64. The quantitative estimate of drug-likeness (QED) is 0.779. The third-order valence-corrected chi connectivity index (χ3v) is 5.16. The Bertz CT molecular complexity index is 476. The van der Waals surface area contributed by atoms with Gasteiger partial charge in [-0.15, -0.1) is 0 Å². The van der Waals surface area contributed by atoms with Crippen molar-refractivity contribution in [3.63, 3.8) is 0 Å². The van der Waals surface area contributed by atoms with Gasteiger partial charge in [-0.3, -0.25) is 0 Å². The Kier molecular flexibility index (Phi) is 3.30. The number of aryl methyl sites for hydroxylation is 2. The SMILES string of the molecule is Cc1ccc(CCC2CC2B2OC(C)(C)C(C)(C)O2)o1. The molecule has 0 radical (unpaired) electrons. The second-order valence-corrected chi connectivity index (χ2v) is 7.34. The van der Waals surface area contributed by atoms with Crippen LogP contribution in [-0.2, 0) is 15.7 Å². The maximum atomic E-state index is 6.13. The third kappa shape index (κ3) is 2.56. The summed E-state index contributed by atoms with van der Waals surface area (Å²) < 4.78 is 17.9. The Hall–Kier alpha value is -0.735. The van der Waals surface area contributed by atoms with Crippen molar-refractivity contribution in [2.24, 2.45) is 5.92 Å². The van der Waals surface area contributed by atoms with Crippen LogP contribution in [0.3, 0.4) is 0 Å². The highest BCUT2D eigenvalue weighted by molar-refractivity contribution is 6.48. The Labute approximate surface area is 122 Å². The molecule has 1 saturated heterocycles. The molecular formula is C16H25BO3. The van der Waals surface area contributed by atoms with Crippen LogP contribution in [0.25, 0.3) is 0 Å². The molecule has 3 rings (SSSR count). The van der Waals surface area contributed by atoms with Crippen LogP contribution in [0.1, 0.15) is 52.1 Å². The number of furan rings is 1. The molecule has 1 saturated carbocycles. The van der Waals surface area contributed by atoms with Gasteiger partial charge in [-0.25, -0.2) is 0 Å². The predicted octanol–water partition coefficient (Wildman–Crippen LogP) is 4.00. The van der Waals surface area contributed by atoms with E-state index in [-0.39, 0.29) is 18.3 Å². The van der Waals surface area contributed by atoms with E-state index in [1.54, 1.807) is 0 Å². The minimum absolute atomic E-state index is 0.0247. The first kappa shape index (κ1) is 14.2. The molecule has 2 unspecified atom stereocenters. The maximum absolute atomic E-state index is 6.13. The smallest absolute Gasteiger partial charge is 0.461 e. The fraction of sp³-hybridized carbons (Fsp3) is 0.750. The van der Waals surface area contributed by atoms with Crippen LogP contribution in [0.4, 0.5) is 0 Å². The standard InChI is InChI=1S/C16H25BO3/c1-11-6-8-13(18-11)9-7-12-10-14(12)17-19-15(2,3)16(4,5)20-17/h6,8,12,14H,7,9-10H2,1-5H3. The van der Waals surface area contributed by atoms with Crippen molar-refractivity contribution in [2.75, 3.05) is 0 Å². The lowest BCUT2D eigenvalue weighted by atomic mass is 9.80. The van der Waals surface area contributed by atoms with Crippen LogP contribution < -0.4 is 0 Å². The second-order valence-electron chi connectivity index (χ2n) is 7.34. The van der Waals surface area contributed by atoms with Gasteiger partial charge in [0.2, 0.25) is 0 Å². The molecule has 0 aromatic carbocycles. The van der Waals surface area contributed by atoms with Crippen molar-refractivity contribution in [1.29, 1.82) is 0 Å². The van der Waals surface area contributed by atoms with Crippen LogP contribution in [-0.4, -0.2) is 18.3 Å². The van der Waals surface area contributed by atoms with Gasteiger partial charge in [0, 0.05) is 6.42 Å². The molecule has 2 heterocycles. The molecule has 0 spiro atoms. The monoisotopic (exact) mass is 276 g/mol. The van der Waals surface area contributed by atoms with Crippen molar-refractivity contribution in [2.45, 2.75) is 70.9 Å². The molecule has 110 valence electrons. The first-order valence-corrected chi connectivity index (χ1v) is 7.69. The molecule has 3 nitrogen and oxygen atoms in total. The molecule has 0 bridgehead atoms. The summed E-state index contributed by atoms with van der Waals surface area (Å²) in [6.07, 6.45) is 3.41. The van der Waals surface area contributed by atoms with Crippen molar-refractivity contribution in [3.8, 4) is 0 Å². The highest BCUT2D eigenvalue weighted by Crippen LogP contribution is 2.54. The molecule has 2 atom stereocenters. The largest absolute Gasteiger partial charge is 0.466 e. The normalized spacial score (nSPS) is 30.8. The zero-order chi connectivity index (χ0) is 14.5. The zero-order valence-corrected chi connectivity index (χ0v) is 13.2. The van der Waals surface area contributed by atoms with E-state index in [9.17, 15) is 0 Å². The van der Waals surface area contributed by atoms with Gasteiger partial charge in [0.1, 0.15) is 11.5 Å². The van der Waals surface area contributed by atoms with Crippen LogP contribution in [0.2, 0.25) is 5.82 Å². The van der Waals surface area contributed by atoms with Crippen LogP contribution in [0.15, 0.2) is 16.5 Å². The zero-order valence-electron chi connectivity index (χ0n) is 13.2. The lowest BCUT2D eigenvalue weighted by molar-refractivity contribution is 0.00578. The summed E-state index contributed by atoms with van der Waals surface area (Å²) in [5, 5.41) is 0. The van der Waals surface area contributed by atoms with E-state index in [1.165, 1.54) is 12.8 Å². The summed E-state index contributed by atoms with van der Waals surface area (Å²) in [5.41, 5.74) is -0.411. The Morgan fingerprint density at radius 1 is 1.15 bits per heavy atom. The summed E-state index contributed by atoms with van der Waals surface area (Å²) in [6.45, 7) is 10.5. The van der Waals surface area contributed by atoms with E-state index in [2.05, 4.69) is 33.8 Å². The van der Waals surface area contributed by atoms with E-state index < -0.39 is 0 Å². The van der Waals surface area contributed by atoms with E-state index in [0.717, 1.165) is 23.9 Å². The van der Waals surface area contributed by atoms with E-state index in [0.29, 0.717) is 5.82 Å². The molecule has 0 N–H and O–H groups in total. The lowest BCUT2D eigenvalue weighted by Crippen LogP contribution is -2.41. The molecule has 2 aliphatic rings. The highest BCUT2D eigenvalue weighted by Gasteiger charge is 2.59. The first-order valence-electron chi connectivity index (χ1n) is 7.69. The maximum Gasteiger partial charge on any atom is 0.461 e. The number of hydrogen-bond acceptors (Lipinski definition) is 3. The van der Waals surface area contributed by atoms with Crippen molar-refractivity contribution >= 4 is 7.12 Å². The molecular weight excluding hydrogens is 251 g/mol. The average molecular weight is 276 g/mol. The van der Waals surface area contributed by atoms with Gasteiger partial charge >= 0.3 is 7.12 Å². The van der Waals surface area contributed by atoms with Crippen LogP contribution in [0.5, 0.6) is 0 Å². The molecule has 0 amide bonds. The van der Waals surface area contributed by atoms with Gasteiger partial charge in [-0.2, -0.15) is 0 Å². The summed E-state index contributed by atoms with van der Waals surface area (Å²) in [6, 6.07) is 4.12. The summed E-state index contributed by atoms with van der Waals surface area (Å²) in [7, 11) is -0.0247. The Balaban J connectivity index is 1.50. The van der Waals surface area contributed by atoms with Gasteiger partial charge in [-0.1, -0.05) is 0 Å². The Morgan fingerprint density at radius 2 is 1.80 bits per heavy atom. The van der Waals surface area contributed by atoms with Gasteiger partial charge < -0.3 is 13.7 Å². The van der Waals surface area contributed by atoms with Crippen LogP contribution in [0, 0.1) is 12.8 Å². The topological polar surface area (TPSA) is 31.6 Å².